The Labute approximate surface area is 222 Å². The second-order valence-corrected chi connectivity index (χ2v) is 13.0. The number of piperazine rings is 1. The van der Waals surface area contributed by atoms with E-state index < -0.39 is 15.6 Å². The van der Waals surface area contributed by atoms with Gasteiger partial charge in [0, 0.05) is 61.8 Å². The molecule has 3 aliphatic rings. The Balaban J connectivity index is 1.51. The number of carbonyl (C=O) groups is 2. The van der Waals surface area contributed by atoms with Crippen LogP contribution in [0.4, 0.5) is 5.69 Å². The topological polar surface area (TPSA) is 108 Å². The highest BCUT2D eigenvalue weighted by Crippen LogP contribution is 2.38. The van der Waals surface area contributed by atoms with Crippen LogP contribution in [0.3, 0.4) is 0 Å². The molecular weight excluding hydrogens is 516 g/mol. The monoisotopic (exact) mass is 550 g/mol. The molecular formula is C25H35ClN6O4S. The van der Waals surface area contributed by atoms with Crippen LogP contribution in [0.25, 0.3) is 10.9 Å². The number of rotatable bonds is 7. The van der Waals surface area contributed by atoms with Crippen LogP contribution in [-0.2, 0) is 19.6 Å². The molecule has 0 spiro atoms. The molecule has 0 bridgehead atoms. The van der Waals surface area contributed by atoms with E-state index in [1.807, 2.05) is 30.4 Å². The predicted octanol–water partition coefficient (Wildman–Crippen LogP) is 2.18. The lowest BCUT2D eigenvalue weighted by molar-refractivity contribution is -0.134. The summed E-state index contributed by atoms with van der Waals surface area (Å²) in [4.78, 5) is 30.6. The lowest BCUT2D eigenvalue weighted by Crippen LogP contribution is -2.50. The van der Waals surface area contributed by atoms with E-state index in [1.165, 1.54) is 0 Å². The third-order valence-corrected chi connectivity index (χ3v) is 9.61. The number of likely N-dealkylation sites (tertiary alicyclic amines) is 1. The van der Waals surface area contributed by atoms with E-state index in [1.54, 1.807) is 23.2 Å². The molecule has 37 heavy (non-hydrogen) atoms. The van der Waals surface area contributed by atoms with Crippen molar-refractivity contribution < 1.29 is 18.0 Å². The summed E-state index contributed by atoms with van der Waals surface area (Å²) in [6, 6.07) is 3.37. The molecule has 5 rings (SSSR count). The number of nitrogens with one attached hydrogen (secondary N) is 1. The van der Waals surface area contributed by atoms with Gasteiger partial charge in [0.1, 0.15) is 5.88 Å². The normalized spacial score (nSPS) is 21.8. The molecule has 0 unspecified atom stereocenters. The molecule has 0 radical (unpaired) electrons. The van der Waals surface area contributed by atoms with Crippen LogP contribution >= 0.6 is 11.6 Å². The van der Waals surface area contributed by atoms with E-state index in [2.05, 4.69) is 14.7 Å². The molecule has 2 saturated heterocycles. The van der Waals surface area contributed by atoms with Crippen LogP contribution in [0.1, 0.15) is 46.1 Å². The predicted molar refractivity (Wildman–Crippen MR) is 142 cm³/mol. The highest BCUT2D eigenvalue weighted by Gasteiger charge is 2.41. The summed E-state index contributed by atoms with van der Waals surface area (Å²) in [7, 11) is -3.75. The fourth-order valence-corrected chi connectivity index (χ4v) is 6.94. The smallest absolute Gasteiger partial charge is 0.241 e. The van der Waals surface area contributed by atoms with Gasteiger partial charge < -0.3 is 14.7 Å². The maximum Gasteiger partial charge on any atom is 0.241 e. The average Bonchev–Trinajstić information content (AvgIpc) is 3.25. The number of hydrogen-bond acceptors (Lipinski definition) is 6. The Morgan fingerprint density at radius 2 is 1.84 bits per heavy atom. The number of nitrogens with zero attached hydrogens (tertiary/aromatic N) is 5. The first-order chi connectivity index (χ1) is 17.5. The average molecular weight is 551 g/mol. The van der Waals surface area contributed by atoms with Gasteiger partial charge in [-0.25, -0.2) is 13.1 Å². The SMILES string of the molecule is CC(C)C(=O)N1CCN(c2cc(S(=O)(=O)NC3(C)CC3)cc3c2cnn3[C@@H]2CCN(C(=O)CCl)C2)CC1. The quantitative estimate of drug-likeness (QED) is 0.529. The van der Waals surface area contributed by atoms with Gasteiger partial charge in [0.15, 0.2) is 0 Å². The van der Waals surface area contributed by atoms with Crippen molar-refractivity contribution in [2.75, 3.05) is 50.0 Å². The molecule has 2 aromatic rings. The molecule has 2 amide bonds. The minimum atomic E-state index is -3.75. The highest BCUT2D eigenvalue weighted by atomic mass is 35.5. The number of hydrogen-bond donors (Lipinski definition) is 1. The number of halogens is 1. The molecule has 1 aromatic heterocycles. The minimum absolute atomic E-state index is 0.0588. The Bertz CT molecular complexity index is 1310. The first-order valence-electron chi connectivity index (χ1n) is 12.9. The first kappa shape index (κ1) is 26.2. The number of fused-ring (bicyclic) bond motifs is 1. The molecule has 1 aromatic carbocycles. The van der Waals surface area contributed by atoms with Gasteiger partial charge >= 0.3 is 0 Å². The fraction of sp³-hybridized carbons (Fsp3) is 0.640. The molecule has 3 heterocycles. The summed E-state index contributed by atoms with van der Waals surface area (Å²) in [5, 5.41) is 5.53. The van der Waals surface area contributed by atoms with Crippen LogP contribution in [0.5, 0.6) is 0 Å². The van der Waals surface area contributed by atoms with Gasteiger partial charge in [0.2, 0.25) is 21.8 Å². The number of benzene rings is 1. The summed E-state index contributed by atoms with van der Waals surface area (Å²) >= 11 is 5.76. The summed E-state index contributed by atoms with van der Waals surface area (Å²) < 4.78 is 31.6. The molecule has 1 atom stereocenters. The summed E-state index contributed by atoms with van der Waals surface area (Å²) in [6.07, 6.45) is 4.14. The van der Waals surface area contributed by atoms with Gasteiger partial charge in [-0.2, -0.15) is 5.10 Å². The standard InChI is InChI=1S/C25H35ClN6O4S/c1-17(2)24(34)30-10-8-29(9-11-30)21-12-19(37(35,36)28-25(3)5-6-25)13-22-20(21)15-27-32(22)18-4-7-31(16-18)23(33)14-26/h12-13,15,17-18,28H,4-11,14,16H2,1-3H3/t18-/m1/s1. The number of anilines is 1. The van der Waals surface area contributed by atoms with Gasteiger partial charge in [-0.15, -0.1) is 11.6 Å². The second-order valence-electron chi connectivity index (χ2n) is 11.0. The van der Waals surface area contributed by atoms with Gasteiger partial charge in [-0.3, -0.25) is 14.3 Å². The van der Waals surface area contributed by atoms with Gasteiger partial charge in [-0.1, -0.05) is 13.8 Å². The van der Waals surface area contributed by atoms with Crippen molar-refractivity contribution in [1.29, 1.82) is 0 Å². The molecule has 10 nitrogen and oxygen atoms in total. The molecule has 202 valence electrons. The number of sulfonamides is 1. The van der Waals surface area contributed by atoms with Crippen LogP contribution < -0.4 is 9.62 Å². The molecule has 12 heteroatoms. The summed E-state index contributed by atoms with van der Waals surface area (Å²) in [5.74, 6) is -0.0978. The largest absolute Gasteiger partial charge is 0.367 e. The van der Waals surface area contributed by atoms with Crippen LogP contribution in [0.15, 0.2) is 23.2 Å². The molecule has 1 N–H and O–H groups in total. The highest BCUT2D eigenvalue weighted by molar-refractivity contribution is 7.89. The summed E-state index contributed by atoms with van der Waals surface area (Å²) in [6.45, 7) is 9.17. The number of carbonyl (C=O) groups excluding carboxylic acids is 2. The van der Waals surface area contributed by atoms with Crippen LogP contribution in [-0.4, -0.2) is 90.5 Å². The maximum atomic E-state index is 13.4. The van der Waals surface area contributed by atoms with Crippen LogP contribution in [0.2, 0.25) is 0 Å². The van der Waals surface area contributed by atoms with E-state index in [-0.39, 0.29) is 34.5 Å². The van der Waals surface area contributed by atoms with Gasteiger partial charge in [0.05, 0.1) is 22.7 Å². The molecule has 1 aliphatic carbocycles. The van der Waals surface area contributed by atoms with Crippen molar-refractivity contribution in [2.45, 2.75) is 56.5 Å². The second kappa shape index (κ2) is 9.74. The van der Waals surface area contributed by atoms with E-state index in [9.17, 15) is 18.0 Å². The van der Waals surface area contributed by atoms with Crippen molar-refractivity contribution in [2.24, 2.45) is 5.92 Å². The summed E-state index contributed by atoms with van der Waals surface area (Å²) in [5.41, 5.74) is 1.13. The van der Waals surface area contributed by atoms with E-state index in [4.69, 9.17) is 11.6 Å². The van der Waals surface area contributed by atoms with E-state index >= 15 is 0 Å². The Morgan fingerprint density at radius 3 is 2.46 bits per heavy atom. The van der Waals surface area contributed by atoms with E-state index in [0.717, 1.165) is 35.9 Å². The third-order valence-electron chi connectivity index (χ3n) is 7.76. The van der Waals surface area contributed by atoms with E-state index in [0.29, 0.717) is 39.3 Å². The number of amides is 2. The van der Waals surface area contributed by atoms with Crippen molar-refractivity contribution in [3.8, 4) is 0 Å². The zero-order chi connectivity index (χ0) is 26.5. The van der Waals surface area contributed by atoms with Crippen molar-refractivity contribution >= 4 is 50.0 Å². The number of aromatic nitrogens is 2. The maximum absolute atomic E-state index is 13.4. The molecule has 1 saturated carbocycles. The Morgan fingerprint density at radius 1 is 1.14 bits per heavy atom. The first-order valence-corrected chi connectivity index (χ1v) is 15.0. The van der Waals surface area contributed by atoms with Crippen LogP contribution in [0, 0.1) is 5.92 Å². The Hall–Kier alpha value is -2.37. The van der Waals surface area contributed by atoms with Gasteiger partial charge in [-0.05, 0) is 38.3 Å². The zero-order valence-corrected chi connectivity index (χ0v) is 23.2. The zero-order valence-electron chi connectivity index (χ0n) is 21.6. The lowest BCUT2D eigenvalue weighted by atomic mass is 10.1. The minimum Gasteiger partial charge on any atom is -0.367 e. The lowest BCUT2D eigenvalue weighted by Gasteiger charge is -2.37. The molecule has 2 aliphatic heterocycles. The molecule has 3 fully saturated rings. The van der Waals surface area contributed by atoms with Crippen molar-refractivity contribution in [3.05, 3.63) is 18.3 Å². The Kier molecular flexibility index (Phi) is 6.91. The van der Waals surface area contributed by atoms with Crippen molar-refractivity contribution in [1.82, 2.24) is 24.3 Å². The van der Waals surface area contributed by atoms with Crippen molar-refractivity contribution in [3.63, 3.8) is 0 Å². The third kappa shape index (κ3) is 5.18. The van der Waals surface area contributed by atoms with Gasteiger partial charge in [0.25, 0.3) is 0 Å². The number of alkyl halides is 1. The fourth-order valence-electron chi connectivity index (χ4n) is 5.27.